The highest BCUT2D eigenvalue weighted by Gasteiger charge is 2.28. The maximum Gasteiger partial charge on any atom is 0.220 e. The van der Waals surface area contributed by atoms with Crippen LogP contribution in [0, 0.1) is 5.92 Å². The number of hydrogen-bond acceptors (Lipinski definition) is 4. The van der Waals surface area contributed by atoms with E-state index >= 15 is 0 Å². The molecule has 0 heterocycles. The van der Waals surface area contributed by atoms with Gasteiger partial charge in [0.05, 0.1) is 18.8 Å². The number of hydrogen-bond donors (Lipinski definition) is 4. The SMILES string of the molecule is CCC(CCN)CCC(=O)NC(CC)(CO)CO. The van der Waals surface area contributed by atoms with E-state index in [1.807, 2.05) is 6.92 Å². The predicted molar refractivity (Wildman–Crippen MR) is 72.0 cm³/mol. The summed E-state index contributed by atoms with van der Waals surface area (Å²) in [5.41, 5.74) is 4.63. The Morgan fingerprint density at radius 3 is 2.28 bits per heavy atom. The zero-order valence-corrected chi connectivity index (χ0v) is 11.6. The van der Waals surface area contributed by atoms with Gasteiger partial charge in [-0.3, -0.25) is 4.79 Å². The number of rotatable bonds is 10. The molecule has 0 fully saturated rings. The van der Waals surface area contributed by atoms with Crippen LogP contribution in [0.2, 0.25) is 0 Å². The highest BCUT2D eigenvalue weighted by molar-refractivity contribution is 5.76. The Morgan fingerprint density at radius 2 is 1.89 bits per heavy atom. The summed E-state index contributed by atoms with van der Waals surface area (Å²) in [7, 11) is 0. The molecule has 0 aromatic carbocycles. The lowest BCUT2D eigenvalue weighted by Gasteiger charge is -2.30. The zero-order chi connectivity index (χ0) is 14.0. The van der Waals surface area contributed by atoms with E-state index in [9.17, 15) is 15.0 Å². The van der Waals surface area contributed by atoms with E-state index in [0.29, 0.717) is 25.3 Å². The van der Waals surface area contributed by atoms with Crippen LogP contribution >= 0.6 is 0 Å². The van der Waals surface area contributed by atoms with Crippen LogP contribution in [-0.4, -0.2) is 41.4 Å². The van der Waals surface area contributed by atoms with Gasteiger partial charge in [-0.05, 0) is 31.7 Å². The Balaban J connectivity index is 4.16. The maximum atomic E-state index is 11.8. The van der Waals surface area contributed by atoms with E-state index in [4.69, 9.17) is 5.73 Å². The molecule has 5 N–H and O–H groups in total. The molecule has 1 amide bonds. The van der Waals surface area contributed by atoms with E-state index in [0.717, 1.165) is 19.3 Å². The summed E-state index contributed by atoms with van der Waals surface area (Å²) < 4.78 is 0. The van der Waals surface area contributed by atoms with Gasteiger partial charge in [0.25, 0.3) is 0 Å². The van der Waals surface area contributed by atoms with Crippen molar-refractivity contribution in [2.24, 2.45) is 11.7 Å². The third-order valence-electron chi connectivity index (χ3n) is 3.62. The van der Waals surface area contributed by atoms with E-state index in [1.165, 1.54) is 0 Å². The number of carbonyl (C=O) groups excluding carboxylic acids is 1. The van der Waals surface area contributed by atoms with Crippen molar-refractivity contribution < 1.29 is 15.0 Å². The van der Waals surface area contributed by atoms with Gasteiger partial charge >= 0.3 is 0 Å². The van der Waals surface area contributed by atoms with Crippen LogP contribution in [0.5, 0.6) is 0 Å². The van der Waals surface area contributed by atoms with E-state index in [-0.39, 0.29) is 19.1 Å². The summed E-state index contributed by atoms with van der Waals surface area (Å²) in [5, 5.41) is 21.2. The van der Waals surface area contributed by atoms with Crippen LogP contribution in [0.4, 0.5) is 0 Å². The van der Waals surface area contributed by atoms with Gasteiger partial charge in [0, 0.05) is 6.42 Å². The van der Waals surface area contributed by atoms with Gasteiger partial charge in [0.2, 0.25) is 5.91 Å². The lowest BCUT2D eigenvalue weighted by Crippen LogP contribution is -2.53. The summed E-state index contributed by atoms with van der Waals surface area (Å²) in [6, 6.07) is 0. The minimum atomic E-state index is -0.882. The largest absolute Gasteiger partial charge is 0.394 e. The molecule has 5 nitrogen and oxygen atoms in total. The van der Waals surface area contributed by atoms with E-state index < -0.39 is 5.54 Å². The van der Waals surface area contributed by atoms with Crippen molar-refractivity contribution in [1.29, 1.82) is 0 Å². The number of nitrogens with one attached hydrogen (secondary N) is 1. The summed E-state index contributed by atoms with van der Waals surface area (Å²) >= 11 is 0. The molecule has 1 unspecified atom stereocenters. The molecule has 0 aromatic heterocycles. The molecule has 0 saturated heterocycles. The quantitative estimate of drug-likeness (QED) is 0.457. The van der Waals surface area contributed by atoms with Gasteiger partial charge in [-0.1, -0.05) is 20.3 Å². The zero-order valence-electron chi connectivity index (χ0n) is 11.6. The monoisotopic (exact) mass is 260 g/mol. The Bertz CT molecular complexity index is 222. The minimum absolute atomic E-state index is 0.115. The Labute approximate surface area is 110 Å². The van der Waals surface area contributed by atoms with Crippen molar-refractivity contribution in [3.63, 3.8) is 0 Å². The van der Waals surface area contributed by atoms with Crippen LogP contribution in [0.3, 0.4) is 0 Å². The van der Waals surface area contributed by atoms with E-state index in [1.54, 1.807) is 0 Å². The lowest BCUT2D eigenvalue weighted by molar-refractivity contribution is -0.124. The Hall–Kier alpha value is -0.650. The number of carbonyl (C=O) groups is 1. The summed E-state index contributed by atoms with van der Waals surface area (Å²) in [5.74, 6) is 0.357. The second-order valence-electron chi connectivity index (χ2n) is 4.89. The third kappa shape index (κ3) is 5.80. The fraction of sp³-hybridized carbons (Fsp3) is 0.923. The Morgan fingerprint density at radius 1 is 1.28 bits per heavy atom. The molecular formula is C13H28N2O3. The smallest absolute Gasteiger partial charge is 0.220 e. The number of aliphatic hydroxyl groups is 2. The molecule has 0 rings (SSSR count). The van der Waals surface area contributed by atoms with E-state index in [2.05, 4.69) is 12.2 Å². The standard InChI is InChI=1S/C13H28N2O3/c1-3-11(7-8-14)5-6-12(18)15-13(4-2,9-16)10-17/h11,16-17H,3-10,14H2,1-2H3,(H,15,18). The van der Waals surface area contributed by atoms with Crippen molar-refractivity contribution in [2.45, 2.75) is 51.5 Å². The van der Waals surface area contributed by atoms with Gasteiger partial charge in [0.1, 0.15) is 0 Å². The molecule has 108 valence electrons. The van der Waals surface area contributed by atoms with Crippen molar-refractivity contribution in [1.82, 2.24) is 5.32 Å². The second-order valence-corrected chi connectivity index (χ2v) is 4.89. The molecule has 0 aliphatic heterocycles. The average molecular weight is 260 g/mol. The molecule has 0 aromatic rings. The molecule has 0 radical (unpaired) electrons. The first-order valence-electron chi connectivity index (χ1n) is 6.80. The van der Waals surface area contributed by atoms with Crippen LogP contribution in [0.1, 0.15) is 46.0 Å². The van der Waals surface area contributed by atoms with Gasteiger partial charge in [-0.25, -0.2) is 0 Å². The minimum Gasteiger partial charge on any atom is -0.394 e. The molecule has 5 heteroatoms. The van der Waals surface area contributed by atoms with Crippen LogP contribution in [-0.2, 0) is 4.79 Å². The number of aliphatic hydroxyl groups excluding tert-OH is 2. The lowest BCUT2D eigenvalue weighted by atomic mass is 9.95. The molecule has 0 saturated carbocycles. The second kappa shape index (κ2) is 9.30. The normalized spacial score (nSPS) is 13.4. The van der Waals surface area contributed by atoms with Crippen LogP contribution < -0.4 is 11.1 Å². The van der Waals surface area contributed by atoms with Crippen molar-refractivity contribution in [3.8, 4) is 0 Å². The van der Waals surface area contributed by atoms with Crippen LogP contribution in [0.15, 0.2) is 0 Å². The molecule has 0 aliphatic rings. The highest BCUT2D eigenvalue weighted by Crippen LogP contribution is 2.15. The first-order chi connectivity index (χ1) is 8.57. The maximum absolute atomic E-state index is 11.8. The van der Waals surface area contributed by atoms with Crippen LogP contribution in [0.25, 0.3) is 0 Å². The molecular weight excluding hydrogens is 232 g/mol. The molecule has 0 aliphatic carbocycles. The highest BCUT2D eigenvalue weighted by atomic mass is 16.3. The van der Waals surface area contributed by atoms with Gasteiger partial charge in [-0.2, -0.15) is 0 Å². The average Bonchev–Trinajstić information content (AvgIpc) is 2.41. The number of nitrogens with two attached hydrogens (primary N) is 1. The summed E-state index contributed by atoms with van der Waals surface area (Å²) in [4.78, 5) is 11.8. The predicted octanol–water partition coefficient (Wildman–Crippen LogP) is 0.391. The molecule has 1 atom stereocenters. The fourth-order valence-electron chi connectivity index (χ4n) is 1.92. The summed E-state index contributed by atoms with van der Waals surface area (Å²) in [6.07, 6.45) is 3.67. The third-order valence-corrected chi connectivity index (χ3v) is 3.62. The first kappa shape index (κ1) is 17.4. The molecule has 0 bridgehead atoms. The first-order valence-corrected chi connectivity index (χ1v) is 6.80. The van der Waals surface area contributed by atoms with Crippen molar-refractivity contribution in [3.05, 3.63) is 0 Å². The molecule has 18 heavy (non-hydrogen) atoms. The molecule has 0 spiro atoms. The number of amides is 1. The van der Waals surface area contributed by atoms with Crippen molar-refractivity contribution >= 4 is 5.91 Å². The Kier molecular flexibility index (Phi) is 8.97. The van der Waals surface area contributed by atoms with Crippen molar-refractivity contribution in [2.75, 3.05) is 19.8 Å². The van der Waals surface area contributed by atoms with Gasteiger partial charge in [-0.15, -0.1) is 0 Å². The van der Waals surface area contributed by atoms with Gasteiger partial charge in [0.15, 0.2) is 0 Å². The topological polar surface area (TPSA) is 95.6 Å². The van der Waals surface area contributed by atoms with Gasteiger partial charge < -0.3 is 21.3 Å². The fourth-order valence-corrected chi connectivity index (χ4v) is 1.92. The summed E-state index contributed by atoms with van der Waals surface area (Å²) in [6.45, 7) is 4.08.